The molecule has 43 heavy (non-hydrogen) atoms. The van der Waals surface area contributed by atoms with E-state index in [1.54, 1.807) is 28.2 Å². The second-order valence-electron chi connectivity index (χ2n) is 14.0. The van der Waals surface area contributed by atoms with Crippen LogP contribution in [0.3, 0.4) is 0 Å². The predicted octanol–water partition coefficient (Wildman–Crippen LogP) is 12.8. The van der Waals surface area contributed by atoms with Crippen LogP contribution in [0.5, 0.6) is 0 Å². The zero-order chi connectivity index (χ0) is 30.3. The summed E-state index contributed by atoms with van der Waals surface area (Å²) in [7, 11) is 2.96. The van der Waals surface area contributed by atoms with Crippen molar-refractivity contribution in [1.29, 1.82) is 0 Å². The summed E-state index contributed by atoms with van der Waals surface area (Å²) >= 11 is 0. The van der Waals surface area contributed by atoms with Crippen LogP contribution < -0.4 is 0 Å². The van der Waals surface area contributed by atoms with Gasteiger partial charge in [0.05, 0.1) is 0 Å². The molecule has 1 aromatic carbocycles. The summed E-state index contributed by atoms with van der Waals surface area (Å²) in [4.78, 5) is 0. The first-order chi connectivity index (χ1) is 20.4. The molecule has 1 aromatic rings. The predicted molar refractivity (Wildman–Crippen MR) is 192 cm³/mol. The molecule has 0 bridgehead atoms. The fourth-order valence-electron chi connectivity index (χ4n) is 8.64. The van der Waals surface area contributed by atoms with Gasteiger partial charge < -0.3 is 21.0 Å². The van der Waals surface area contributed by atoms with Crippen LogP contribution in [0.2, 0.25) is 0 Å². The Balaban J connectivity index is 0.000000853. The number of hydrogen-bond acceptors (Lipinski definition) is 0. The summed E-state index contributed by atoms with van der Waals surface area (Å²) in [6.45, 7) is 0. The Morgan fingerprint density at radius 3 is 0.977 bits per heavy atom. The van der Waals surface area contributed by atoms with E-state index in [2.05, 4.69) is 34.9 Å². The van der Waals surface area contributed by atoms with E-state index in [9.17, 15) is 10.3 Å². The van der Waals surface area contributed by atoms with Crippen LogP contribution in [0.25, 0.3) is 21.0 Å². The summed E-state index contributed by atoms with van der Waals surface area (Å²) in [6, 6.07) is 9.30. The van der Waals surface area contributed by atoms with Crippen molar-refractivity contribution in [3.05, 3.63) is 56.3 Å². The molecule has 242 valence electrons. The number of rotatable bonds is 8. The van der Waals surface area contributed by atoms with Gasteiger partial charge in [0.15, 0.2) is 0 Å². The van der Waals surface area contributed by atoms with Gasteiger partial charge in [-0.05, 0) is 97.5 Å². The molecule has 0 aromatic heterocycles. The minimum Gasteiger partial charge on any atom is -0.807 e. The van der Waals surface area contributed by atoms with Gasteiger partial charge in [-0.2, -0.15) is 28.2 Å². The zero-order valence-electron chi connectivity index (χ0n) is 28.4. The SMILES string of the molecule is C[N-]C.C[N-]C.[N-]=P(Cc1cccc(CP(=[N-])(C2CCCCC2)C2CCCCC2)c1)(C1CCCCC1)C1CCCCC1.[Ti+4]. The smallest absolute Gasteiger partial charge is 0.807 e. The molecule has 4 aliphatic rings. The molecule has 0 radical (unpaired) electrons. The van der Waals surface area contributed by atoms with E-state index in [4.69, 9.17) is 0 Å². The Morgan fingerprint density at radius 1 is 0.512 bits per heavy atom. The summed E-state index contributed by atoms with van der Waals surface area (Å²) in [5, 5.41) is 32.0. The standard InChI is InChI=1S/C32H52N2P2.2C2H6N.Ti/c33-35(29-16-5-1-6-17-29,30-18-7-2-8-19-30)25-27-14-13-15-28(24-27)26-36(34,31-20-9-3-10-21-31)32-22-11-4-12-23-32;2*1-3-2;/h13-15,24,29-32H,1-12,16-23,25-26H2;2*1-2H3;/q-2;2*-1;+4. The molecule has 4 fully saturated rings. The monoisotopic (exact) mass is 662 g/mol. The van der Waals surface area contributed by atoms with Gasteiger partial charge in [0, 0.05) is 0 Å². The van der Waals surface area contributed by atoms with Crippen molar-refractivity contribution in [1.82, 2.24) is 0 Å². The van der Waals surface area contributed by atoms with Crippen LogP contribution in [-0.4, -0.2) is 50.8 Å². The van der Waals surface area contributed by atoms with E-state index >= 15 is 0 Å². The minimum atomic E-state index is -2.02. The van der Waals surface area contributed by atoms with Crippen molar-refractivity contribution in [2.45, 2.75) is 163 Å². The number of hydrogen-bond donors (Lipinski definition) is 0. The molecule has 0 unspecified atom stereocenters. The fraction of sp³-hybridized carbons (Fsp3) is 0.833. The first-order valence-electron chi connectivity index (χ1n) is 17.6. The molecular weight excluding hydrogens is 598 g/mol. The third kappa shape index (κ3) is 11.8. The third-order valence-corrected chi connectivity index (χ3v) is 19.6. The Kier molecular flexibility index (Phi) is 19.5. The molecule has 7 heteroatoms. The molecule has 0 amide bonds. The molecule has 4 aliphatic carbocycles. The number of nitrogens with zero attached hydrogens (tertiary/aromatic N) is 4. The van der Waals surface area contributed by atoms with Crippen molar-refractivity contribution >= 4 is 14.1 Å². The average Bonchev–Trinajstić information content (AvgIpc) is 3.03. The van der Waals surface area contributed by atoms with E-state index < -0.39 is 14.1 Å². The number of benzene rings is 1. The Labute approximate surface area is 282 Å². The molecular formula is C36H64N4P2Ti. The maximum Gasteiger partial charge on any atom is 4.00 e. The van der Waals surface area contributed by atoms with Crippen LogP contribution in [0.15, 0.2) is 24.3 Å². The van der Waals surface area contributed by atoms with Gasteiger partial charge in [-0.3, -0.25) is 0 Å². The second-order valence-corrected chi connectivity index (χ2v) is 21.1. The van der Waals surface area contributed by atoms with E-state index in [0.29, 0.717) is 22.6 Å². The van der Waals surface area contributed by atoms with Gasteiger partial charge >= 0.3 is 21.7 Å². The summed E-state index contributed by atoms with van der Waals surface area (Å²) < 4.78 is 0. The molecule has 0 saturated heterocycles. The molecule has 0 N–H and O–H groups in total. The summed E-state index contributed by atoms with van der Waals surface area (Å²) in [5.41, 5.74) is 5.05. The molecule has 0 aliphatic heterocycles. The first-order valence-corrected chi connectivity index (χ1v) is 21.8. The van der Waals surface area contributed by atoms with E-state index in [-0.39, 0.29) is 21.7 Å². The van der Waals surface area contributed by atoms with Gasteiger partial charge in [-0.25, -0.2) is 14.1 Å². The van der Waals surface area contributed by atoms with Gasteiger partial charge in [0.25, 0.3) is 0 Å². The van der Waals surface area contributed by atoms with E-state index in [1.165, 1.54) is 140 Å². The van der Waals surface area contributed by atoms with Crippen molar-refractivity contribution < 1.29 is 21.7 Å². The van der Waals surface area contributed by atoms with Gasteiger partial charge in [-0.15, -0.1) is 0 Å². The maximum absolute atomic E-state index is 12.5. The van der Waals surface area contributed by atoms with Crippen molar-refractivity contribution in [2.24, 2.45) is 0 Å². The zero-order valence-corrected chi connectivity index (χ0v) is 31.7. The minimum absolute atomic E-state index is 0. The molecule has 0 spiro atoms. The van der Waals surface area contributed by atoms with Crippen molar-refractivity contribution in [3.8, 4) is 0 Å². The van der Waals surface area contributed by atoms with Crippen LogP contribution in [0.4, 0.5) is 0 Å². The Hall–Kier alpha value is 0.314. The van der Waals surface area contributed by atoms with Gasteiger partial charge in [-0.1, -0.05) is 101 Å². The first kappa shape index (κ1) is 39.5. The topological polar surface area (TPSA) is 72.8 Å². The molecule has 0 atom stereocenters. The van der Waals surface area contributed by atoms with E-state index in [0.717, 1.165) is 12.3 Å². The quantitative estimate of drug-likeness (QED) is 0.196. The summed E-state index contributed by atoms with van der Waals surface area (Å²) in [6.07, 6.45) is 27.9. The normalized spacial score (nSPS) is 21.5. The Bertz CT molecular complexity index is 845. The van der Waals surface area contributed by atoms with Gasteiger partial charge in [0.1, 0.15) is 0 Å². The van der Waals surface area contributed by atoms with Crippen LogP contribution in [-0.2, 0) is 34.0 Å². The van der Waals surface area contributed by atoms with Crippen LogP contribution >= 0.6 is 14.1 Å². The van der Waals surface area contributed by atoms with Crippen LogP contribution in [0, 0.1) is 0 Å². The molecule has 4 nitrogen and oxygen atoms in total. The fourth-order valence-corrected chi connectivity index (χ4v) is 17.5. The third-order valence-electron chi connectivity index (χ3n) is 10.7. The average molecular weight is 663 g/mol. The largest absolute Gasteiger partial charge is 4.00 e. The van der Waals surface area contributed by atoms with Crippen molar-refractivity contribution in [2.75, 3.05) is 28.2 Å². The molecule has 5 rings (SSSR count). The van der Waals surface area contributed by atoms with Gasteiger partial charge in [0.2, 0.25) is 0 Å². The Morgan fingerprint density at radius 2 is 0.744 bits per heavy atom. The van der Waals surface area contributed by atoms with E-state index in [1.807, 2.05) is 0 Å². The summed E-state index contributed by atoms with van der Waals surface area (Å²) in [5.74, 6) is 0. The second kappa shape index (κ2) is 21.2. The molecule has 0 heterocycles. The van der Waals surface area contributed by atoms with Crippen LogP contribution in [0.1, 0.15) is 140 Å². The maximum atomic E-state index is 12.5. The molecule has 4 saturated carbocycles. The van der Waals surface area contributed by atoms with Crippen molar-refractivity contribution in [3.63, 3.8) is 0 Å².